The SMILES string of the molecule is CC(C)(C)c1cc(C(F)OC(=O)OC(F)c2cc(C(C)(C)C)cc(C(C)(C)C)c2)cc(C(C)(C)C)c1. The Morgan fingerprint density at radius 2 is 0.750 bits per heavy atom. The third kappa shape index (κ3) is 7.78. The third-order valence-electron chi connectivity index (χ3n) is 6.30. The number of rotatable bonds is 4. The molecule has 2 aromatic rings. The molecule has 0 aliphatic heterocycles. The fourth-order valence-corrected chi connectivity index (χ4v) is 3.63. The van der Waals surface area contributed by atoms with Crippen LogP contribution < -0.4 is 0 Å². The Morgan fingerprint density at radius 3 is 0.944 bits per heavy atom. The molecule has 0 spiro atoms. The number of benzene rings is 2. The lowest BCUT2D eigenvalue weighted by Gasteiger charge is -2.27. The predicted octanol–water partition coefficient (Wildman–Crippen LogP) is 9.67. The van der Waals surface area contributed by atoms with Crippen LogP contribution in [0.1, 0.15) is 129 Å². The summed E-state index contributed by atoms with van der Waals surface area (Å²) in [6.45, 7) is 24.4. The van der Waals surface area contributed by atoms with Gasteiger partial charge in [-0.3, -0.25) is 0 Å². The smallest absolute Gasteiger partial charge is 0.395 e. The van der Waals surface area contributed by atoms with E-state index in [-0.39, 0.29) is 32.8 Å². The average molecular weight is 503 g/mol. The van der Waals surface area contributed by atoms with Crippen LogP contribution in [0.25, 0.3) is 0 Å². The Balaban J connectivity index is 2.29. The highest BCUT2D eigenvalue weighted by Crippen LogP contribution is 2.35. The number of alkyl halides is 2. The van der Waals surface area contributed by atoms with E-state index in [0.29, 0.717) is 0 Å². The zero-order valence-corrected chi connectivity index (χ0v) is 24.1. The third-order valence-corrected chi connectivity index (χ3v) is 6.30. The Morgan fingerprint density at radius 1 is 0.528 bits per heavy atom. The van der Waals surface area contributed by atoms with Crippen molar-refractivity contribution in [2.24, 2.45) is 0 Å². The van der Waals surface area contributed by atoms with E-state index in [1.54, 1.807) is 24.3 Å². The van der Waals surface area contributed by atoms with Crippen molar-refractivity contribution in [3.05, 3.63) is 69.8 Å². The van der Waals surface area contributed by atoms with E-state index in [4.69, 9.17) is 9.47 Å². The van der Waals surface area contributed by atoms with Crippen molar-refractivity contribution in [2.45, 2.75) is 117 Å². The van der Waals surface area contributed by atoms with E-state index in [0.717, 1.165) is 22.3 Å². The molecular weight excluding hydrogens is 458 g/mol. The minimum Gasteiger partial charge on any atom is -0.395 e. The molecule has 2 aromatic carbocycles. The van der Waals surface area contributed by atoms with Crippen LogP contribution in [0.4, 0.5) is 13.6 Å². The lowest BCUT2D eigenvalue weighted by atomic mass is 9.79. The van der Waals surface area contributed by atoms with E-state index in [1.165, 1.54) is 0 Å². The molecule has 2 atom stereocenters. The fourth-order valence-electron chi connectivity index (χ4n) is 3.63. The Kier molecular flexibility index (Phi) is 8.40. The van der Waals surface area contributed by atoms with E-state index >= 15 is 8.78 Å². The van der Waals surface area contributed by atoms with Crippen molar-refractivity contribution < 1.29 is 23.0 Å². The maximum Gasteiger partial charge on any atom is 0.513 e. The topological polar surface area (TPSA) is 35.5 Å². The summed E-state index contributed by atoms with van der Waals surface area (Å²) in [5, 5.41) is 0. The van der Waals surface area contributed by atoms with Crippen molar-refractivity contribution in [3.63, 3.8) is 0 Å². The van der Waals surface area contributed by atoms with Gasteiger partial charge in [-0.1, -0.05) is 95.2 Å². The average Bonchev–Trinajstić information content (AvgIpc) is 2.70. The van der Waals surface area contributed by atoms with Crippen LogP contribution in [0.5, 0.6) is 0 Å². The predicted molar refractivity (Wildman–Crippen MR) is 143 cm³/mol. The van der Waals surface area contributed by atoms with E-state index < -0.39 is 18.9 Å². The molecule has 200 valence electrons. The molecule has 0 amide bonds. The van der Waals surface area contributed by atoms with Gasteiger partial charge in [0, 0.05) is 11.1 Å². The molecule has 3 nitrogen and oxygen atoms in total. The first kappa shape index (κ1) is 29.8. The van der Waals surface area contributed by atoms with Crippen molar-refractivity contribution in [1.29, 1.82) is 0 Å². The maximum atomic E-state index is 15.2. The monoisotopic (exact) mass is 502 g/mol. The van der Waals surface area contributed by atoms with Crippen LogP contribution in [0, 0.1) is 0 Å². The summed E-state index contributed by atoms with van der Waals surface area (Å²) in [5.41, 5.74) is 3.14. The number of carbonyl (C=O) groups is 1. The Bertz CT molecular complexity index is 927. The zero-order valence-electron chi connectivity index (χ0n) is 24.1. The highest BCUT2D eigenvalue weighted by Gasteiger charge is 2.28. The molecule has 0 aliphatic carbocycles. The molecular formula is C31H44F2O3. The van der Waals surface area contributed by atoms with Gasteiger partial charge in [-0.15, -0.1) is 0 Å². The quantitative estimate of drug-likeness (QED) is 0.390. The van der Waals surface area contributed by atoms with Gasteiger partial charge in [0.1, 0.15) is 0 Å². The van der Waals surface area contributed by atoms with Crippen LogP contribution in [0.15, 0.2) is 36.4 Å². The molecule has 0 heterocycles. The summed E-state index contributed by atoms with van der Waals surface area (Å²) >= 11 is 0. The second kappa shape index (κ2) is 10.1. The highest BCUT2D eigenvalue weighted by atomic mass is 19.2. The molecule has 0 fully saturated rings. The number of hydrogen-bond donors (Lipinski definition) is 0. The first-order valence-corrected chi connectivity index (χ1v) is 12.6. The first-order chi connectivity index (χ1) is 16.1. The van der Waals surface area contributed by atoms with Gasteiger partial charge in [0.25, 0.3) is 12.7 Å². The zero-order chi connectivity index (χ0) is 27.9. The van der Waals surface area contributed by atoms with Crippen LogP contribution in [-0.4, -0.2) is 6.16 Å². The molecule has 0 N–H and O–H groups in total. The summed E-state index contributed by atoms with van der Waals surface area (Å²) in [5.74, 6) is 0. The largest absolute Gasteiger partial charge is 0.513 e. The molecule has 0 saturated carbocycles. The summed E-state index contributed by atoms with van der Waals surface area (Å²) in [6.07, 6.45) is -5.56. The van der Waals surface area contributed by atoms with Gasteiger partial charge in [-0.05, 0) is 68.2 Å². The van der Waals surface area contributed by atoms with E-state index in [9.17, 15) is 4.79 Å². The summed E-state index contributed by atoms with van der Waals surface area (Å²) in [4.78, 5) is 12.4. The lowest BCUT2D eigenvalue weighted by Crippen LogP contribution is -2.19. The number of ether oxygens (including phenoxy) is 2. The van der Waals surface area contributed by atoms with Gasteiger partial charge in [0.15, 0.2) is 0 Å². The van der Waals surface area contributed by atoms with E-state index in [2.05, 4.69) is 0 Å². The van der Waals surface area contributed by atoms with Crippen LogP contribution in [0.3, 0.4) is 0 Å². The van der Waals surface area contributed by atoms with Crippen molar-refractivity contribution in [2.75, 3.05) is 0 Å². The van der Waals surface area contributed by atoms with E-state index in [1.807, 2.05) is 95.2 Å². The summed E-state index contributed by atoms with van der Waals surface area (Å²) in [7, 11) is 0. The molecule has 2 rings (SSSR count). The van der Waals surface area contributed by atoms with Crippen molar-refractivity contribution in [3.8, 4) is 0 Å². The van der Waals surface area contributed by atoms with Gasteiger partial charge in [-0.25, -0.2) is 4.79 Å². The minimum absolute atomic E-state index is 0.199. The van der Waals surface area contributed by atoms with Gasteiger partial charge in [-0.2, -0.15) is 8.78 Å². The second-order valence-electron chi connectivity index (χ2n) is 13.8. The van der Waals surface area contributed by atoms with Gasteiger partial charge in [0.05, 0.1) is 0 Å². The Labute approximate surface area is 216 Å². The molecule has 36 heavy (non-hydrogen) atoms. The summed E-state index contributed by atoms with van der Waals surface area (Å²) in [6, 6.07) is 10.8. The molecule has 0 aromatic heterocycles. The molecule has 5 heteroatoms. The number of carbonyl (C=O) groups excluding carboxylic acids is 1. The van der Waals surface area contributed by atoms with Crippen molar-refractivity contribution in [1.82, 2.24) is 0 Å². The van der Waals surface area contributed by atoms with Crippen LogP contribution in [0.2, 0.25) is 0 Å². The molecule has 0 saturated heterocycles. The van der Waals surface area contributed by atoms with Gasteiger partial charge < -0.3 is 9.47 Å². The van der Waals surface area contributed by atoms with Crippen LogP contribution >= 0.6 is 0 Å². The fraction of sp³-hybridized carbons (Fsp3) is 0.581. The van der Waals surface area contributed by atoms with Crippen LogP contribution in [-0.2, 0) is 31.1 Å². The molecule has 0 aliphatic rings. The van der Waals surface area contributed by atoms with Crippen molar-refractivity contribution >= 4 is 6.16 Å². The second-order valence-corrected chi connectivity index (χ2v) is 13.8. The molecule has 0 bridgehead atoms. The molecule has 2 unspecified atom stereocenters. The highest BCUT2D eigenvalue weighted by molar-refractivity contribution is 5.61. The van der Waals surface area contributed by atoms with Gasteiger partial charge >= 0.3 is 6.16 Å². The Hall–Kier alpha value is -2.43. The first-order valence-electron chi connectivity index (χ1n) is 12.6. The molecule has 0 radical (unpaired) electrons. The standard InChI is InChI=1S/C31H44F2O3/c1-28(2,3)21-13-19(14-22(17-21)29(4,5)6)25(32)35-27(34)36-26(33)20-15-23(30(7,8)9)18-24(16-20)31(10,11)12/h13-18,25-26H,1-12H3. The number of halogens is 2. The maximum absolute atomic E-state index is 15.2. The minimum atomic E-state index is -2.08. The number of hydrogen-bond acceptors (Lipinski definition) is 3. The normalized spacial score (nSPS) is 14.8. The van der Waals surface area contributed by atoms with Gasteiger partial charge in [0.2, 0.25) is 0 Å². The lowest BCUT2D eigenvalue weighted by molar-refractivity contribution is -0.0768. The summed E-state index contributed by atoms with van der Waals surface area (Å²) < 4.78 is 40.1.